The van der Waals surface area contributed by atoms with E-state index in [1.54, 1.807) is 11.3 Å². The maximum atomic E-state index is 4.19. The normalized spacial score (nSPS) is 10.0. The Morgan fingerprint density at radius 1 is 1.40 bits per heavy atom. The molecule has 2 heterocycles. The second-order valence-corrected chi connectivity index (χ2v) is 3.35. The van der Waals surface area contributed by atoms with Crippen LogP contribution in [0.15, 0.2) is 23.6 Å². The Balaban J connectivity index is 2.48. The maximum Gasteiger partial charge on any atom is 0.0940 e. The second-order valence-electron chi connectivity index (χ2n) is 1.80. The zero-order valence-electron chi connectivity index (χ0n) is 5.07. The molecule has 1 nitrogen and oxygen atoms in total. The number of hydrogen-bond acceptors (Lipinski definition) is 3. The van der Waals surface area contributed by atoms with Crippen molar-refractivity contribution in [2.24, 2.45) is 0 Å². The van der Waals surface area contributed by atoms with E-state index in [-0.39, 0.29) is 0 Å². The fourth-order valence-electron chi connectivity index (χ4n) is 0.719. The third kappa shape index (κ3) is 0.978. The minimum absolute atomic E-state index is 1.07. The van der Waals surface area contributed by atoms with Gasteiger partial charge in [0.25, 0.3) is 0 Å². The number of rotatable bonds is 1. The van der Waals surface area contributed by atoms with Gasteiger partial charge in [-0.1, -0.05) is 0 Å². The van der Waals surface area contributed by atoms with Crippen molar-refractivity contribution in [2.45, 2.75) is 0 Å². The summed E-state index contributed by atoms with van der Waals surface area (Å²) in [6, 6.07) is 5.96. The molecule has 2 rings (SSSR count). The summed E-state index contributed by atoms with van der Waals surface area (Å²) in [4.78, 5) is 1.20. The van der Waals surface area contributed by atoms with Crippen molar-refractivity contribution in [1.82, 2.24) is 4.37 Å². The summed E-state index contributed by atoms with van der Waals surface area (Å²) in [5, 5.41) is 5.01. The van der Waals surface area contributed by atoms with Crippen LogP contribution in [0.2, 0.25) is 0 Å². The molecule has 0 aliphatic carbocycles. The predicted molar refractivity (Wildman–Crippen MR) is 44.3 cm³/mol. The van der Waals surface area contributed by atoms with Crippen molar-refractivity contribution in [1.29, 1.82) is 0 Å². The summed E-state index contributed by atoms with van der Waals surface area (Å²) in [5.41, 5.74) is 1.07. The van der Waals surface area contributed by atoms with Crippen molar-refractivity contribution in [3.05, 3.63) is 29.0 Å². The van der Waals surface area contributed by atoms with Gasteiger partial charge in [0.1, 0.15) is 0 Å². The summed E-state index contributed by atoms with van der Waals surface area (Å²) in [6.07, 6.45) is 0. The van der Waals surface area contributed by atoms with Crippen molar-refractivity contribution in [3.8, 4) is 10.6 Å². The molecule has 2 aromatic heterocycles. The van der Waals surface area contributed by atoms with Gasteiger partial charge in [0.2, 0.25) is 0 Å². The molecule has 0 unspecified atom stereocenters. The van der Waals surface area contributed by atoms with Crippen LogP contribution in [0.5, 0.6) is 0 Å². The second kappa shape index (κ2) is 2.52. The average molecular weight is 166 g/mol. The summed E-state index contributed by atoms with van der Waals surface area (Å²) >= 11 is 3.08. The summed E-state index contributed by atoms with van der Waals surface area (Å²) in [5.74, 6) is 0. The highest BCUT2D eigenvalue weighted by atomic mass is 32.1. The third-order valence-corrected chi connectivity index (χ3v) is 2.54. The largest absolute Gasteiger partial charge is 0.192 e. The number of nitrogens with zero attached hydrogens (tertiary/aromatic N) is 1. The molecule has 49 valence electrons. The van der Waals surface area contributed by atoms with Gasteiger partial charge in [-0.05, 0) is 29.7 Å². The smallest absolute Gasteiger partial charge is 0.0940 e. The molecular weight excluding hydrogens is 162 g/mol. The van der Waals surface area contributed by atoms with E-state index in [1.807, 2.05) is 23.6 Å². The lowest BCUT2D eigenvalue weighted by Gasteiger charge is -1.83. The first-order valence-corrected chi connectivity index (χ1v) is 4.49. The fraction of sp³-hybridized carbons (Fsp3) is 0. The SMILES string of the molecule is [c]1ccc(-c2ccsn2)s1. The van der Waals surface area contributed by atoms with Gasteiger partial charge >= 0.3 is 0 Å². The number of thiophene rings is 1. The van der Waals surface area contributed by atoms with Crippen LogP contribution in [0.4, 0.5) is 0 Å². The van der Waals surface area contributed by atoms with Gasteiger partial charge < -0.3 is 0 Å². The third-order valence-electron chi connectivity index (χ3n) is 1.16. The minimum atomic E-state index is 1.07. The lowest BCUT2D eigenvalue weighted by Crippen LogP contribution is -1.64. The molecule has 0 saturated heterocycles. The van der Waals surface area contributed by atoms with E-state index < -0.39 is 0 Å². The quantitative estimate of drug-likeness (QED) is 0.634. The van der Waals surface area contributed by atoms with Crippen LogP contribution in [-0.4, -0.2) is 4.37 Å². The topological polar surface area (TPSA) is 12.9 Å². The van der Waals surface area contributed by atoms with E-state index in [2.05, 4.69) is 9.75 Å². The van der Waals surface area contributed by atoms with Crippen LogP contribution < -0.4 is 0 Å². The standard InChI is InChI=1S/C7H4NS2/c1-2-7(9-4-1)6-3-5-10-8-6/h1-3,5H. The van der Waals surface area contributed by atoms with Crippen LogP contribution in [0.3, 0.4) is 0 Å². The molecule has 0 atom stereocenters. The van der Waals surface area contributed by atoms with E-state index >= 15 is 0 Å². The van der Waals surface area contributed by atoms with E-state index in [4.69, 9.17) is 0 Å². The van der Waals surface area contributed by atoms with Gasteiger partial charge in [0.05, 0.1) is 10.6 Å². The van der Waals surface area contributed by atoms with Gasteiger partial charge in [0.15, 0.2) is 0 Å². The van der Waals surface area contributed by atoms with Crippen LogP contribution in [0.25, 0.3) is 10.6 Å². The van der Waals surface area contributed by atoms with Crippen LogP contribution >= 0.6 is 22.9 Å². The van der Waals surface area contributed by atoms with Crippen LogP contribution in [-0.2, 0) is 0 Å². The zero-order chi connectivity index (χ0) is 6.81. The van der Waals surface area contributed by atoms with E-state index in [1.165, 1.54) is 16.4 Å². The summed E-state index contributed by atoms with van der Waals surface area (Å²) in [6.45, 7) is 0. The van der Waals surface area contributed by atoms with Crippen LogP contribution in [0.1, 0.15) is 0 Å². The Hall–Kier alpha value is -0.670. The lowest BCUT2D eigenvalue weighted by atomic mass is 10.4. The van der Waals surface area contributed by atoms with Crippen molar-refractivity contribution in [3.63, 3.8) is 0 Å². The fourth-order valence-corrected chi connectivity index (χ4v) is 1.92. The number of aromatic nitrogens is 1. The zero-order valence-corrected chi connectivity index (χ0v) is 6.71. The first-order valence-electron chi connectivity index (χ1n) is 2.83. The van der Waals surface area contributed by atoms with E-state index in [0.29, 0.717) is 0 Å². The summed E-state index contributed by atoms with van der Waals surface area (Å²) < 4.78 is 4.19. The van der Waals surface area contributed by atoms with Crippen molar-refractivity contribution < 1.29 is 0 Å². The summed E-state index contributed by atoms with van der Waals surface area (Å²) in [7, 11) is 0. The number of hydrogen-bond donors (Lipinski definition) is 0. The molecule has 0 fully saturated rings. The monoisotopic (exact) mass is 166 g/mol. The molecule has 0 bridgehead atoms. The first-order chi connectivity index (χ1) is 4.97. The molecule has 0 aliphatic rings. The lowest BCUT2D eigenvalue weighted by molar-refractivity contribution is 1.58. The highest BCUT2D eigenvalue weighted by Gasteiger charge is 1.98. The maximum absolute atomic E-state index is 4.19. The average Bonchev–Trinajstić information content (AvgIpc) is 2.59. The van der Waals surface area contributed by atoms with Gasteiger partial charge in [-0.2, -0.15) is 4.37 Å². The van der Waals surface area contributed by atoms with Crippen LogP contribution in [0, 0.1) is 5.38 Å². The van der Waals surface area contributed by atoms with Crippen molar-refractivity contribution in [2.75, 3.05) is 0 Å². The molecular formula is C7H4NS2. The Kier molecular flexibility index (Phi) is 1.53. The minimum Gasteiger partial charge on any atom is -0.192 e. The van der Waals surface area contributed by atoms with Gasteiger partial charge in [-0.15, -0.1) is 11.3 Å². The van der Waals surface area contributed by atoms with E-state index in [9.17, 15) is 0 Å². The molecule has 0 amide bonds. The molecule has 2 aromatic rings. The molecule has 1 radical (unpaired) electrons. The predicted octanol–water partition coefficient (Wildman–Crippen LogP) is 2.67. The Labute approximate surface area is 67.1 Å². The van der Waals surface area contributed by atoms with Crippen molar-refractivity contribution >= 4 is 22.9 Å². The Morgan fingerprint density at radius 2 is 2.40 bits per heavy atom. The Morgan fingerprint density at radius 3 is 3.00 bits per heavy atom. The first kappa shape index (κ1) is 6.07. The molecule has 0 aliphatic heterocycles. The van der Waals surface area contributed by atoms with Gasteiger partial charge in [-0.25, -0.2) is 0 Å². The molecule has 0 saturated carbocycles. The Bertz CT molecular complexity index is 251. The van der Waals surface area contributed by atoms with E-state index in [0.717, 1.165) is 5.69 Å². The molecule has 0 N–H and O–H groups in total. The van der Waals surface area contributed by atoms with Gasteiger partial charge in [0, 0.05) is 10.8 Å². The molecule has 0 aromatic carbocycles. The molecule has 3 heteroatoms. The molecule has 10 heavy (non-hydrogen) atoms. The highest BCUT2D eigenvalue weighted by Crippen LogP contribution is 2.22. The molecule has 0 spiro atoms. The highest BCUT2D eigenvalue weighted by molar-refractivity contribution is 7.13. The van der Waals surface area contributed by atoms with Gasteiger partial charge in [-0.3, -0.25) is 0 Å².